The molecule has 2 aliphatic carbocycles. The molecule has 0 unspecified atom stereocenters. The first-order valence-electron chi connectivity index (χ1n) is 27.6. The number of hydrogen-bond acceptors (Lipinski definition) is 8. The molecule has 10 nitrogen and oxygen atoms in total. The summed E-state index contributed by atoms with van der Waals surface area (Å²) in [5.41, 5.74) is -1.15. The number of rotatable bonds is 10. The molecule has 16 heteroatoms. The number of carbonyl (C=O) groups is 4. The Kier molecular flexibility index (Phi) is 16.3. The van der Waals surface area contributed by atoms with E-state index in [0.717, 1.165) is 25.7 Å². The smallest absolute Gasteiger partial charge is 0.237 e. The van der Waals surface area contributed by atoms with Gasteiger partial charge in [0.15, 0.2) is 11.6 Å². The van der Waals surface area contributed by atoms with Crippen molar-refractivity contribution in [3.63, 3.8) is 0 Å². The van der Waals surface area contributed by atoms with Gasteiger partial charge in [0.1, 0.15) is 22.5 Å². The summed E-state index contributed by atoms with van der Waals surface area (Å²) in [5, 5.41) is 34.8. The van der Waals surface area contributed by atoms with Crippen LogP contribution in [0.3, 0.4) is 0 Å². The van der Waals surface area contributed by atoms with Gasteiger partial charge in [-0.3, -0.25) is 19.2 Å². The molecule has 10 rings (SSSR count). The van der Waals surface area contributed by atoms with E-state index in [1.165, 1.54) is 12.1 Å². The van der Waals surface area contributed by atoms with Crippen molar-refractivity contribution in [2.75, 3.05) is 10.6 Å². The fourth-order valence-corrected chi connectivity index (χ4v) is 14.9. The Labute approximate surface area is 477 Å². The zero-order chi connectivity index (χ0) is 56.7. The number of fused-ring (bicyclic) bond motifs is 4. The number of anilines is 2. The van der Waals surface area contributed by atoms with E-state index in [1.54, 1.807) is 48.5 Å². The lowest BCUT2D eigenvalue weighted by atomic mass is 9.62. The summed E-state index contributed by atoms with van der Waals surface area (Å²) in [6.07, 6.45) is 7.34. The fraction of sp³-hybridized carbons (Fsp3) is 0.548. The topological polar surface area (TPSA) is 157 Å². The van der Waals surface area contributed by atoms with Gasteiger partial charge in [0.25, 0.3) is 0 Å². The third-order valence-electron chi connectivity index (χ3n) is 17.9. The molecule has 2 amide bonds. The second-order valence-corrected chi connectivity index (χ2v) is 28.1. The Morgan fingerprint density at radius 2 is 0.923 bits per heavy atom. The van der Waals surface area contributed by atoms with Crippen LogP contribution in [0.25, 0.3) is 0 Å². The Morgan fingerprint density at radius 3 is 1.26 bits per heavy atom. The summed E-state index contributed by atoms with van der Waals surface area (Å²) in [7, 11) is 0. The second-order valence-electron chi connectivity index (χ2n) is 26.4. The molecule has 420 valence electrons. The Morgan fingerprint density at radius 1 is 0.577 bits per heavy atom. The third kappa shape index (κ3) is 11.2. The molecule has 4 aliphatic heterocycles. The van der Waals surface area contributed by atoms with Crippen molar-refractivity contribution in [1.82, 2.24) is 10.6 Å². The lowest BCUT2D eigenvalue weighted by Crippen LogP contribution is -2.49. The summed E-state index contributed by atoms with van der Waals surface area (Å²) in [4.78, 5) is 56.7. The van der Waals surface area contributed by atoms with Crippen molar-refractivity contribution >= 4 is 81.2 Å². The van der Waals surface area contributed by atoms with E-state index in [9.17, 15) is 29.4 Å². The minimum absolute atomic E-state index is 0.0441. The quantitative estimate of drug-likeness (QED) is 0.0917. The van der Waals surface area contributed by atoms with Gasteiger partial charge in [-0.1, -0.05) is 124 Å². The molecule has 6 aliphatic rings. The van der Waals surface area contributed by atoms with E-state index in [0.29, 0.717) is 83.9 Å². The largest absolute Gasteiger partial charge is 0.390 e. The molecule has 8 atom stereocenters. The Balaban J connectivity index is 0.000000190. The zero-order valence-electron chi connectivity index (χ0n) is 45.8. The first kappa shape index (κ1) is 58.7. The van der Waals surface area contributed by atoms with Crippen LogP contribution in [0.15, 0.2) is 72.8 Å². The molecule has 0 bridgehead atoms. The second kappa shape index (κ2) is 21.7. The van der Waals surface area contributed by atoms with Crippen LogP contribution in [-0.4, -0.2) is 69.0 Å². The predicted molar refractivity (Wildman–Crippen MR) is 306 cm³/mol. The minimum Gasteiger partial charge on any atom is -0.390 e. The average Bonchev–Trinajstić information content (AvgIpc) is 3.32. The predicted octanol–water partition coefficient (Wildman–Crippen LogP) is 13.6. The molecule has 2 saturated carbocycles. The molecule has 78 heavy (non-hydrogen) atoms. The first-order valence-corrected chi connectivity index (χ1v) is 29.1. The van der Waals surface area contributed by atoms with Gasteiger partial charge in [0.05, 0.1) is 33.3 Å². The number of ketones is 2. The number of benzene rings is 4. The number of halogens is 6. The molecule has 4 fully saturated rings. The van der Waals surface area contributed by atoms with Gasteiger partial charge in [0, 0.05) is 58.2 Å². The molecule has 2 saturated heterocycles. The van der Waals surface area contributed by atoms with E-state index in [1.807, 2.05) is 26.0 Å². The number of hydrogen-bond donors (Lipinski definition) is 6. The Bertz CT molecular complexity index is 2790. The summed E-state index contributed by atoms with van der Waals surface area (Å²) in [6.45, 7) is 16.2. The van der Waals surface area contributed by atoms with Crippen LogP contribution in [0.5, 0.6) is 0 Å². The molecule has 0 radical (unpaired) electrons. The molecule has 4 heterocycles. The van der Waals surface area contributed by atoms with E-state index in [-0.39, 0.29) is 67.2 Å². The number of Topliss-reactive ketones (excluding diaryl/α,β-unsaturated/α-hetero) is 2. The van der Waals surface area contributed by atoms with Gasteiger partial charge in [-0.05, 0) is 159 Å². The number of amides is 2. The maximum Gasteiger partial charge on any atom is 0.237 e. The highest BCUT2D eigenvalue weighted by molar-refractivity contribution is 6.32. The molecule has 6 N–H and O–H groups in total. The lowest BCUT2D eigenvalue weighted by molar-refractivity contribution is -0.125. The highest BCUT2D eigenvalue weighted by Crippen LogP contribution is 2.60. The highest BCUT2D eigenvalue weighted by atomic mass is 35.5. The van der Waals surface area contributed by atoms with Crippen molar-refractivity contribution in [3.8, 4) is 0 Å². The van der Waals surface area contributed by atoms with Crippen molar-refractivity contribution < 1.29 is 38.2 Å². The molecule has 4 aromatic carbocycles. The monoisotopic (exact) mass is 1150 g/mol. The fourth-order valence-electron chi connectivity index (χ4n) is 14.2. The summed E-state index contributed by atoms with van der Waals surface area (Å²) in [5.74, 6) is -3.21. The van der Waals surface area contributed by atoms with Gasteiger partial charge in [0.2, 0.25) is 11.8 Å². The van der Waals surface area contributed by atoms with Crippen molar-refractivity contribution in [1.29, 1.82) is 0 Å². The molecular weight excluding hydrogens is 1080 g/mol. The minimum atomic E-state index is -1.24. The lowest BCUT2D eigenvalue weighted by Gasteiger charge is -2.38. The van der Waals surface area contributed by atoms with E-state index in [4.69, 9.17) is 46.4 Å². The Hall–Kier alpha value is -3.98. The summed E-state index contributed by atoms with van der Waals surface area (Å²) >= 11 is 25.2. The maximum absolute atomic E-state index is 15.9. The number of carbonyl (C=O) groups excluding carboxylic acids is 4. The number of aliphatic hydroxyl groups is 2. The molecule has 4 aromatic rings. The van der Waals surface area contributed by atoms with Gasteiger partial charge >= 0.3 is 0 Å². The van der Waals surface area contributed by atoms with E-state index < -0.39 is 69.7 Å². The van der Waals surface area contributed by atoms with Crippen molar-refractivity contribution in [2.45, 2.75) is 190 Å². The number of nitrogens with one attached hydrogen (secondary N) is 4. The van der Waals surface area contributed by atoms with E-state index in [2.05, 4.69) is 62.8 Å². The van der Waals surface area contributed by atoms with Gasteiger partial charge in [-0.2, -0.15) is 0 Å². The van der Waals surface area contributed by atoms with Crippen LogP contribution in [0.2, 0.25) is 20.1 Å². The molecule has 2 spiro atoms. The normalized spacial score (nSPS) is 32.4. The van der Waals surface area contributed by atoms with Crippen LogP contribution >= 0.6 is 46.4 Å². The van der Waals surface area contributed by atoms with Gasteiger partial charge in [-0.15, -0.1) is 0 Å². The summed E-state index contributed by atoms with van der Waals surface area (Å²) < 4.78 is 31.7. The highest BCUT2D eigenvalue weighted by Gasteiger charge is 2.68. The van der Waals surface area contributed by atoms with Crippen LogP contribution in [-0.2, 0) is 30.0 Å². The van der Waals surface area contributed by atoms with Crippen molar-refractivity contribution in [2.24, 2.45) is 22.7 Å². The van der Waals surface area contributed by atoms with Crippen LogP contribution in [0.4, 0.5) is 20.2 Å². The standard InChI is InChI=1S/2C31H37Cl2FN2O3/c2*1-29(2,3)16-24-31(20-9-8-18(32)15-22(20)35-28(31)38)25(19-6-5-7-21(33)26(19)34)27(36-24)23(37)14-17-10-12-30(4,39)13-11-17/h2*5-9,15,17,24-25,27,36,39H,10-14,16H2,1-4H3,(H,35,38)/t2*17?,24-,25-,27-,30?,31+/m00/s1. The first-order chi connectivity index (χ1) is 36.5. The summed E-state index contributed by atoms with van der Waals surface area (Å²) in [6, 6.07) is 17.7. The van der Waals surface area contributed by atoms with Crippen molar-refractivity contribution in [3.05, 3.63) is 127 Å². The zero-order valence-corrected chi connectivity index (χ0v) is 48.9. The SMILES string of the molecule is CC(C)(C)C[C@@H]1N[C@@H](C(=O)CC2CCC(C)(O)CC2)[C@H](c2cccc(Cl)c2F)[C@]12C(=O)Nc1cc(Cl)ccc12.CC(C)(C)C[C@@H]1N[C@@H](C(=O)CC2CCC(C)(O)CC2)[C@H](c2cccc(Cl)c2F)[C@]12C(=O)Nc1cc(Cl)ccc12. The van der Waals surface area contributed by atoms with Gasteiger partial charge < -0.3 is 31.5 Å². The maximum atomic E-state index is 15.9. The molecule has 0 aromatic heterocycles. The average molecular weight is 1150 g/mol. The third-order valence-corrected chi connectivity index (χ3v) is 19.0. The van der Waals surface area contributed by atoms with E-state index >= 15 is 8.78 Å². The van der Waals surface area contributed by atoms with Crippen LogP contribution in [0.1, 0.15) is 167 Å². The molecular formula is C62H74Cl4F2N4O6. The van der Waals surface area contributed by atoms with Crippen LogP contribution < -0.4 is 21.3 Å². The van der Waals surface area contributed by atoms with Crippen LogP contribution in [0, 0.1) is 34.3 Å². The van der Waals surface area contributed by atoms with Gasteiger partial charge in [-0.25, -0.2) is 8.78 Å².